The van der Waals surface area contributed by atoms with E-state index >= 15 is 0 Å². The van der Waals surface area contributed by atoms with Gasteiger partial charge in [0.2, 0.25) is 0 Å². The first kappa shape index (κ1) is 29.5. The molecule has 1 aromatic heterocycles. The molecule has 0 radical (unpaired) electrons. The second kappa shape index (κ2) is 13.4. The van der Waals surface area contributed by atoms with Crippen LogP contribution in [-0.2, 0) is 25.8 Å². The number of likely N-dealkylation sites (tertiary alicyclic amines) is 1. The molecule has 230 valence electrons. The minimum atomic E-state index is -0.00495. The summed E-state index contributed by atoms with van der Waals surface area (Å²) in [6.45, 7) is 5.71. The number of nitrogens with zero attached hydrogens (tertiary/aromatic N) is 4. The van der Waals surface area contributed by atoms with E-state index in [1.807, 2.05) is 48.5 Å². The predicted molar refractivity (Wildman–Crippen MR) is 178 cm³/mol. The summed E-state index contributed by atoms with van der Waals surface area (Å²) in [5.74, 6) is 0.999. The first-order chi connectivity index (χ1) is 21.6. The summed E-state index contributed by atoms with van der Waals surface area (Å²) < 4.78 is 7.98. The van der Waals surface area contributed by atoms with E-state index in [4.69, 9.17) is 21.4 Å². The van der Waals surface area contributed by atoms with Crippen LogP contribution in [0, 0.1) is 0 Å². The highest BCUT2D eigenvalue weighted by Crippen LogP contribution is 2.29. The monoisotopic (exact) mass is 610 g/mol. The third-order valence-corrected chi connectivity index (χ3v) is 10.3. The second-order valence-corrected chi connectivity index (χ2v) is 13.3. The van der Waals surface area contributed by atoms with Crippen LogP contribution in [-0.4, -0.2) is 64.4 Å². The Hall–Kier alpha value is -3.19. The normalized spacial score (nSPS) is 19.5. The van der Waals surface area contributed by atoms with Gasteiger partial charge in [-0.2, -0.15) is 5.10 Å². The highest BCUT2D eigenvalue weighted by Gasteiger charge is 2.27. The zero-order chi connectivity index (χ0) is 29.9. The Morgan fingerprint density at radius 1 is 0.864 bits per heavy atom. The zero-order valence-corrected chi connectivity index (χ0v) is 26.4. The fourth-order valence-corrected chi connectivity index (χ4v) is 7.46. The summed E-state index contributed by atoms with van der Waals surface area (Å²) in [5.41, 5.74) is 5.01. The van der Waals surface area contributed by atoms with Gasteiger partial charge in [-0.3, -0.25) is 14.6 Å². The van der Waals surface area contributed by atoms with Crippen molar-refractivity contribution in [2.45, 2.75) is 76.4 Å². The molecule has 44 heavy (non-hydrogen) atoms. The van der Waals surface area contributed by atoms with E-state index in [-0.39, 0.29) is 5.56 Å². The highest BCUT2D eigenvalue weighted by molar-refractivity contribution is 6.30. The minimum absolute atomic E-state index is 0.00495. The number of aromatic nitrogens is 2. The van der Waals surface area contributed by atoms with Gasteiger partial charge in [0.1, 0.15) is 5.75 Å². The number of rotatable bonds is 10. The predicted octanol–water partition coefficient (Wildman–Crippen LogP) is 6.53. The van der Waals surface area contributed by atoms with Crippen LogP contribution in [0.5, 0.6) is 5.75 Å². The first-order valence-electron chi connectivity index (χ1n) is 16.6. The molecule has 0 amide bonds. The van der Waals surface area contributed by atoms with E-state index in [9.17, 15) is 4.79 Å². The molecule has 7 heteroatoms. The van der Waals surface area contributed by atoms with Gasteiger partial charge >= 0.3 is 0 Å². The minimum Gasteiger partial charge on any atom is -0.494 e. The lowest BCUT2D eigenvalue weighted by Crippen LogP contribution is -2.41. The average molecular weight is 611 g/mol. The molecule has 0 N–H and O–H groups in total. The fourth-order valence-electron chi connectivity index (χ4n) is 7.33. The quantitative estimate of drug-likeness (QED) is 0.191. The van der Waals surface area contributed by atoms with E-state index in [0.29, 0.717) is 25.6 Å². The van der Waals surface area contributed by atoms with Crippen LogP contribution in [0.25, 0.3) is 10.8 Å². The fraction of sp³-hybridized carbons (Fsp3) is 0.459. The Morgan fingerprint density at radius 3 is 2.45 bits per heavy atom. The van der Waals surface area contributed by atoms with Crippen LogP contribution in [0.2, 0.25) is 5.02 Å². The van der Waals surface area contributed by atoms with E-state index in [1.165, 1.54) is 43.5 Å². The molecule has 0 spiro atoms. The van der Waals surface area contributed by atoms with Gasteiger partial charge in [0.05, 0.1) is 24.2 Å². The lowest BCUT2D eigenvalue weighted by atomic mass is 9.91. The van der Waals surface area contributed by atoms with Crippen LogP contribution in [0.3, 0.4) is 0 Å². The Kier molecular flexibility index (Phi) is 9.01. The second-order valence-electron chi connectivity index (χ2n) is 12.9. The van der Waals surface area contributed by atoms with Crippen molar-refractivity contribution in [2.24, 2.45) is 0 Å². The molecule has 1 aliphatic carbocycles. The lowest BCUT2D eigenvalue weighted by molar-refractivity contribution is 0.133. The Bertz CT molecular complexity index is 1650. The van der Waals surface area contributed by atoms with Crippen molar-refractivity contribution in [3.63, 3.8) is 0 Å². The van der Waals surface area contributed by atoms with E-state index in [0.717, 1.165) is 84.0 Å². The van der Waals surface area contributed by atoms with Crippen LogP contribution < -0.4 is 10.3 Å². The van der Waals surface area contributed by atoms with Gasteiger partial charge in [-0.1, -0.05) is 54.4 Å². The Balaban J connectivity index is 0.966. The standard InChI is InChI=1S/C37H43ClN4O2/c38-30-14-11-27(12-15-30)24-36-34-9-1-2-10-35(34)37(43)42(39-36)26-32-8-4-19-40(32)20-5-23-44-33-16-13-28-17-21-41(31-6-3-7-31)22-18-29(28)25-33/h1-2,9-16,25,31-32H,3-8,17-24,26H2/t32-/m1/s1. The maximum absolute atomic E-state index is 13.5. The largest absolute Gasteiger partial charge is 0.494 e. The zero-order valence-electron chi connectivity index (χ0n) is 25.6. The number of ether oxygens (including phenoxy) is 1. The molecular formula is C37H43ClN4O2. The Morgan fingerprint density at radius 2 is 1.66 bits per heavy atom. The van der Waals surface area contributed by atoms with Crippen LogP contribution in [0.4, 0.5) is 0 Å². The lowest BCUT2D eigenvalue weighted by Gasteiger charge is -2.36. The molecule has 2 aliphatic heterocycles. The van der Waals surface area contributed by atoms with Crippen molar-refractivity contribution in [3.05, 3.63) is 104 Å². The van der Waals surface area contributed by atoms with E-state index < -0.39 is 0 Å². The van der Waals surface area contributed by atoms with Crippen molar-refractivity contribution < 1.29 is 4.74 Å². The number of hydrogen-bond donors (Lipinski definition) is 0. The smallest absolute Gasteiger partial charge is 0.274 e. The summed E-state index contributed by atoms with van der Waals surface area (Å²) in [6, 6.07) is 23.6. The summed E-state index contributed by atoms with van der Waals surface area (Å²) in [5, 5.41) is 7.32. The van der Waals surface area contributed by atoms with Gasteiger partial charge in [0.15, 0.2) is 0 Å². The molecular weight excluding hydrogens is 568 g/mol. The molecule has 0 bridgehead atoms. The average Bonchev–Trinajstić information content (AvgIpc) is 3.35. The van der Waals surface area contributed by atoms with Gasteiger partial charge in [0.25, 0.3) is 5.56 Å². The van der Waals surface area contributed by atoms with Crippen LogP contribution >= 0.6 is 11.6 Å². The summed E-state index contributed by atoms with van der Waals surface area (Å²) in [4.78, 5) is 18.8. The topological polar surface area (TPSA) is 50.6 Å². The van der Waals surface area contributed by atoms with Gasteiger partial charge in [-0.25, -0.2) is 4.68 Å². The number of fused-ring (bicyclic) bond motifs is 2. The van der Waals surface area contributed by atoms with Gasteiger partial charge in [-0.05, 0) is 98.5 Å². The van der Waals surface area contributed by atoms with Gasteiger partial charge in [-0.15, -0.1) is 0 Å². The molecule has 1 atom stereocenters. The molecule has 2 fully saturated rings. The number of hydrogen-bond acceptors (Lipinski definition) is 5. The molecule has 4 aromatic rings. The SMILES string of the molecule is O=c1c2ccccc2c(Cc2ccc(Cl)cc2)nn1C[C@H]1CCCN1CCCOc1ccc2c(c1)CCN(C1CCC1)CC2. The van der Waals surface area contributed by atoms with E-state index in [1.54, 1.807) is 4.68 Å². The third-order valence-electron chi connectivity index (χ3n) is 10.1. The molecule has 1 saturated carbocycles. The molecule has 3 heterocycles. The highest BCUT2D eigenvalue weighted by atomic mass is 35.5. The maximum atomic E-state index is 13.5. The molecule has 3 aliphatic rings. The number of benzene rings is 3. The first-order valence-corrected chi connectivity index (χ1v) is 16.9. The molecule has 1 saturated heterocycles. The van der Waals surface area contributed by atoms with Gasteiger partial charge < -0.3 is 4.74 Å². The molecule has 3 aromatic carbocycles. The molecule has 6 nitrogen and oxygen atoms in total. The maximum Gasteiger partial charge on any atom is 0.274 e. The van der Waals surface area contributed by atoms with Crippen LogP contribution in [0.15, 0.2) is 71.5 Å². The number of halogens is 1. The van der Waals surface area contributed by atoms with Crippen molar-refractivity contribution in [2.75, 3.05) is 32.8 Å². The van der Waals surface area contributed by atoms with Crippen molar-refractivity contribution in [1.29, 1.82) is 0 Å². The summed E-state index contributed by atoms with van der Waals surface area (Å²) >= 11 is 6.12. The van der Waals surface area contributed by atoms with Crippen LogP contribution in [0.1, 0.15) is 60.9 Å². The van der Waals surface area contributed by atoms with Gasteiger partial charge in [0, 0.05) is 48.5 Å². The summed E-state index contributed by atoms with van der Waals surface area (Å²) in [6.07, 6.45) is 10.3. The molecule has 7 rings (SSSR count). The van der Waals surface area contributed by atoms with Crippen molar-refractivity contribution in [3.8, 4) is 5.75 Å². The summed E-state index contributed by atoms with van der Waals surface area (Å²) in [7, 11) is 0. The Labute approximate surface area is 265 Å². The van der Waals surface area contributed by atoms with Crippen molar-refractivity contribution in [1.82, 2.24) is 19.6 Å². The van der Waals surface area contributed by atoms with E-state index in [2.05, 4.69) is 28.0 Å². The van der Waals surface area contributed by atoms with Crippen molar-refractivity contribution >= 4 is 22.4 Å². The third kappa shape index (κ3) is 6.58. The molecule has 0 unspecified atom stereocenters.